The predicted octanol–water partition coefficient (Wildman–Crippen LogP) is 1.42. The number of esters is 1. The molecule has 0 radical (unpaired) electrons. The summed E-state index contributed by atoms with van der Waals surface area (Å²) < 4.78 is 10.6. The van der Waals surface area contributed by atoms with Gasteiger partial charge in [0.15, 0.2) is 6.04 Å². The number of anilines is 1. The first-order chi connectivity index (χ1) is 9.51. The number of methoxy groups -OCH3 is 1. The second kappa shape index (κ2) is 7.98. The fraction of sp³-hybridized carbons (Fsp3) is 0.385. The maximum Gasteiger partial charge on any atom is 0.332 e. The number of hydrogen-bond donors (Lipinski definition) is 2. The Balaban J connectivity index is 2.85. The molecule has 0 heterocycles. The van der Waals surface area contributed by atoms with Crippen LogP contribution in [-0.4, -0.2) is 31.6 Å². The molecular formula is C13H17BrN2O4. The largest absolute Gasteiger partial charge is 0.464 e. The van der Waals surface area contributed by atoms with Crippen LogP contribution in [0, 0.1) is 0 Å². The summed E-state index contributed by atoms with van der Waals surface area (Å²) in [5, 5.41) is 2.60. The molecule has 0 spiro atoms. The van der Waals surface area contributed by atoms with Crippen LogP contribution in [0.5, 0.6) is 0 Å². The summed E-state index contributed by atoms with van der Waals surface area (Å²) in [5.41, 5.74) is 6.82. The summed E-state index contributed by atoms with van der Waals surface area (Å²) in [6.45, 7) is 2.13. The Morgan fingerprint density at radius 3 is 2.75 bits per heavy atom. The van der Waals surface area contributed by atoms with E-state index in [2.05, 4.69) is 21.2 Å². The van der Waals surface area contributed by atoms with Gasteiger partial charge in [0.2, 0.25) is 0 Å². The Kier molecular flexibility index (Phi) is 6.63. The minimum absolute atomic E-state index is 0.172. The Morgan fingerprint density at radius 1 is 1.45 bits per heavy atom. The molecule has 1 amide bonds. The molecule has 0 bridgehead atoms. The van der Waals surface area contributed by atoms with E-state index in [1.807, 2.05) is 6.07 Å². The van der Waals surface area contributed by atoms with Gasteiger partial charge < -0.3 is 20.5 Å². The number of nitrogens with two attached hydrogens (primary N) is 1. The van der Waals surface area contributed by atoms with Gasteiger partial charge in [-0.1, -0.05) is 22.0 Å². The molecule has 0 saturated heterocycles. The number of ether oxygens (including phenoxy) is 2. The zero-order valence-corrected chi connectivity index (χ0v) is 12.9. The van der Waals surface area contributed by atoms with Crippen molar-refractivity contribution in [3.8, 4) is 0 Å². The van der Waals surface area contributed by atoms with Crippen molar-refractivity contribution < 1.29 is 19.1 Å². The van der Waals surface area contributed by atoms with E-state index >= 15 is 0 Å². The average Bonchev–Trinajstić information content (AvgIpc) is 2.42. The molecule has 6 nitrogen and oxygen atoms in total. The van der Waals surface area contributed by atoms with Crippen LogP contribution in [0.15, 0.2) is 22.7 Å². The number of rotatable bonds is 6. The molecule has 1 aromatic carbocycles. The first kappa shape index (κ1) is 16.6. The molecule has 20 heavy (non-hydrogen) atoms. The molecule has 1 aromatic rings. The van der Waals surface area contributed by atoms with E-state index < -0.39 is 17.9 Å². The number of carbonyl (C=O) groups excluding carboxylic acids is 2. The average molecular weight is 345 g/mol. The van der Waals surface area contributed by atoms with E-state index in [1.54, 1.807) is 26.2 Å². The highest BCUT2D eigenvalue weighted by atomic mass is 79.9. The van der Waals surface area contributed by atoms with E-state index in [0.29, 0.717) is 12.3 Å². The van der Waals surface area contributed by atoms with Gasteiger partial charge >= 0.3 is 5.97 Å². The van der Waals surface area contributed by atoms with Crippen molar-refractivity contribution in [2.45, 2.75) is 19.6 Å². The number of halogens is 1. The standard InChI is InChI=1S/C13H17BrN2O4/c1-3-20-13(18)11(15)12(17)16-10-6-4-5-9(14)8(10)7-19-2/h4-6,11H,3,7,15H2,1-2H3,(H,16,17). The van der Waals surface area contributed by atoms with Crippen LogP contribution in [0.2, 0.25) is 0 Å². The minimum atomic E-state index is -1.36. The van der Waals surface area contributed by atoms with Gasteiger partial charge in [0.05, 0.1) is 13.2 Å². The lowest BCUT2D eigenvalue weighted by molar-refractivity contribution is -0.146. The Bertz CT molecular complexity index is 493. The van der Waals surface area contributed by atoms with E-state index in [0.717, 1.165) is 10.0 Å². The molecule has 1 atom stereocenters. The quantitative estimate of drug-likeness (QED) is 0.601. The number of nitrogens with one attached hydrogen (secondary N) is 1. The van der Waals surface area contributed by atoms with Gasteiger partial charge in [-0.05, 0) is 19.1 Å². The first-order valence-electron chi connectivity index (χ1n) is 6.00. The molecule has 110 valence electrons. The van der Waals surface area contributed by atoms with Crippen molar-refractivity contribution in [2.24, 2.45) is 5.73 Å². The maximum absolute atomic E-state index is 11.9. The molecule has 1 rings (SSSR count). The summed E-state index contributed by atoms with van der Waals surface area (Å²) >= 11 is 3.37. The molecule has 7 heteroatoms. The summed E-state index contributed by atoms with van der Waals surface area (Å²) in [5.74, 6) is -1.38. The molecule has 0 aromatic heterocycles. The molecule has 0 saturated carbocycles. The minimum Gasteiger partial charge on any atom is -0.464 e. The van der Waals surface area contributed by atoms with E-state index in [9.17, 15) is 9.59 Å². The van der Waals surface area contributed by atoms with Crippen molar-refractivity contribution in [3.05, 3.63) is 28.2 Å². The van der Waals surface area contributed by atoms with Gasteiger partial charge in [0.25, 0.3) is 5.91 Å². The zero-order valence-electron chi connectivity index (χ0n) is 11.3. The Morgan fingerprint density at radius 2 is 2.15 bits per heavy atom. The lowest BCUT2D eigenvalue weighted by atomic mass is 10.1. The number of hydrogen-bond acceptors (Lipinski definition) is 5. The number of benzene rings is 1. The van der Waals surface area contributed by atoms with Crippen molar-refractivity contribution in [3.63, 3.8) is 0 Å². The third-order valence-electron chi connectivity index (χ3n) is 2.49. The fourth-order valence-corrected chi connectivity index (χ4v) is 2.00. The smallest absolute Gasteiger partial charge is 0.332 e. The topological polar surface area (TPSA) is 90.7 Å². The third-order valence-corrected chi connectivity index (χ3v) is 3.23. The van der Waals surface area contributed by atoms with Gasteiger partial charge in [-0.15, -0.1) is 0 Å². The first-order valence-corrected chi connectivity index (χ1v) is 6.80. The monoisotopic (exact) mass is 344 g/mol. The maximum atomic E-state index is 11.9. The van der Waals surface area contributed by atoms with Crippen LogP contribution < -0.4 is 11.1 Å². The Hall–Kier alpha value is -1.44. The van der Waals surface area contributed by atoms with Gasteiger partial charge in [0, 0.05) is 22.8 Å². The number of carbonyl (C=O) groups is 2. The molecule has 0 aliphatic carbocycles. The summed E-state index contributed by atoms with van der Waals surface area (Å²) in [6, 6.07) is 3.93. The fourth-order valence-electron chi connectivity index (χ4n) is 1.52. The summed E-state index contributed by atoms with van der Waals surface area (Å²) in [6.07, 6.45) is 0. The molecule has 0 aliphatic rings. The van der Waals surface area contributed by atoms with Crippen LogP contribution >= 0.6 is 15.9 Å². The summed E-state index contributed by atoms with van der Waals surface area (Å²) in [7, 11) is 1.55. The summed E-state index contributed by atoms with van der Waals surface area (Å²) in [4.78, 5) is 23.3. The molecule has 0 aliphatic heterocycles. The van der Waals surface area contributed by atoms with Gasteiger partial charge in [-0.2, -0.15) is 0 Å². The van der Waals surface area contributed by atoms with Gasteiger partial charge in [-0.25, -0.2) is 4.79 Å². The zero-order chi connectivity index (χ0) is 15.1. The SMILES string of the molecule is CCOC(=O)C(N)C(=O)Nc1cccc(Br)c1COC. The molecule has 3 N–H and O–H groups in total. The molecular weight excluding hydrogens is 328 g/mol. The molecule has 1 unspecified atom stereocenters. The van der Waals surface area contributed by atoms with Crippen LogP contribution in [-0.2, 0) is 25.7 Å². The highest BCUT2D eigenvalue weighted by Crippen LogP contribution is 2.25. The van der Waals surface area contributed by atoms with E-state index in [1.165, 1.54) is 0 Å². The van der Waals surface area contributed by atoms with Crippen molar-refractivity contribution in [1.29, 1.82) is 0 Å². The second-order valence-electron chi connectivity index (χ2n) is 3.92. The number of amides is 1. The van der Waals surface area contributed by atoms with Crippen LogP contribution in [0.4, 0.5) is 5.69 Å². The Labute approximate surface area is 125 Å². The predicted molar refractivity (Wildman–Crippen MR) is 78.1 cm³/mol. The van der Waals surface area contributed by atoms with Crippen molar-refractivity contribution in [1.82, 2.24) is 0 Å². The lowest BCUT2D eigenvalue weighted by Gasteiger charge is -2.15. The normalized spacial score (nSPS) is 11.8. The highest BCUT2D eigenvalue weighted by molar-refractivity contribution is 9.10. The lowest BCUT2D eigenvalue weighted by Crippen LogP contribution is -2.43. The van der Waals surface area contributed by atoms with Crippen molar-refractivity contribution >= 4 is 33.5 Å². The van der Waals surface area contributed by atoms with E-state index in [-0.39, 0.29) is 6.61 Å². The van der Waals surface area contributed by atoms with Crippen molar-refractivity contribution in [2.75, 3.05) is 19.0 Å². The van der Waals surface area contributed by atoms with Crippen LogP contribution in [0.3, 0.4) is 0 Å². The van der Waals surface area contributed by atoms with Crippen LogP contribution in [0.1, 0.15) is 12.5 Å². The van der Waals surface area contributed by atoms with E-state index in [4.69, 9.17) is 15.2 Å². The van der Waals surface area contributed by atoms with Gasteiger partial charge in [0.1, 0.15) is 0 Å². The second-order valence-corrected chi connectivity index (χ2v) is 4.77. The van der Waals surface area contributed by atoms with Crippen LogP contribution in [0.25, 0.3) is 0 Å². The van der Waals surface area contributed by atoms with Gasteiger partial charge in [-0.3, -0.25) is 4.79 Å². The molecule has 0 fully saturated rings. The third kappa shape index (κ3) is 4.29. The highest BCUT2D eigenvalue weighted by Gasteiger charge is 2.24.